The van der Waals surface area contributed by atoms with Crippen molar-refractivity contribution in [2.24, 2.45) is 0 Å². The summed E-state index contributed by atoms with van der Waals surface area (Å²) in [6.45, 7) is 12.2. The van der Waals surface area contributed by atoms with Gasteiger partial charge in [-0.1, -0.05) is 72.8 Å². The molecule has 2 heterocycles. The first kappa shape index (κ1) is 31.3. The third-order valence-electron chi connectivity index (χ3n) is 9.39. The SMILES string of the molecule is [C-]#[N+]c1cc(-n2c3ccccc3c3cccc(C)c32)c(-c2cc(C(F)(F)F)cc(C(F)(F)F)c2)cc1-n1c2ccccc2c2cccc(C)c21. The van der Waals surface area contributed by atoms with E-state index in [1.54, 1.807) is 12.1 Å². The molecule has 8 rings (SSSR count). The highest BCUT2D eigenvalue weighted by molar-refractivity contribution is 6.12. The van der Waals surface area contributed by atoms with Crippen molar-refractivity contribution < 1.29 is 26.3 Å². The Labute approximate surface area is 282 Å². The fourth-order valence-corrected chi connectivity index (χ4v) is 7.24. The number of alkyl halides is 6. The average Bonchev–Trinajstić information content (AvgIpc) is 3.61. The lowest BCUT2D eigenvalue weighted by atomic mass is 9.96. The smallest absolute Gasteiger partial charge is 0.319 e. The van der Waals surface area contributed by atoms with Crippen LogP contribution in [0.5, 0.6) is 0 Å². The summed E-state index contributed by atoms with van der Waals surface area (Å²) in [6, 6.07) is 31.4. The number of aromatic nitrogens is 2. The van der Waals surface area contributed by atoms with E-state index in [4.69, 9.17) is 6.57 Å². The molecule has 0 atom stereocenters. The van der Waals surface area contributed by atoms with Gasteiger partial charge in [-0.25, -0.2) is 4.85 Å². The van der Waals surface area contributed by atoms with Crippen molar-refractivity contribution in [3.8, 4) is 22.5 Å². The summed E-state index contributed by atoms with van der Waals surface area (Å²) in [6.07, 6.45) is -10.1. The van der Waals surface area contributed by atoms with E-state index in [0.29, 0.717) is 11.2 Å². The molecule has 50 heavy (non-hydrogen) atoms. The van der Waals surface area contributed by atoms with Crippen LogP contribution in [0.2, 0.25) is 0 Å². The molecule has 0 N–H and O–H groups in total. The van der Waals surface area contributed by atoms with Crippen molar-refractivity contribution in [1.29, 1.82) is 0 Å². The first-order valence-electron chi connectivity index (χ1n) is 15.7. The van der Waals surface area contributed by atoms with Crippen LogP contribution in [0, 0.1) is 20.4 Å². The molecule has 0 aliphatic rings. The maximum absolute atomic E-state index is 14.3. The lowest BCUT2D eigenvalue weighted by molar-refractivity contribution is -0.143. The Morgan fingerprint density at radius 3 is 1.46 bits per heavy atom. The molecule has 6 aromatic carbocycles. The average molecular weight is 674 g/mol. The second-order valence-electron chi connectivity index (χ2n) is 12.4. The zero-order chi connectivity index (χ0) is 35.1. The molecule has 0 bridgehead atoms. The Kier molecular flexibility index (Phi) is 6.88. The predicted molar refractivity (Wildman–Crippen MR) is 186 cm³/mol. The molecule has 0 saturated carbocycles. The highest BCUT2D eigenvalue weighted by Crippen LogP contribution is 2.46. The molecule has 9 heteroatoms. The molecule has 0 spiro atoms. The molecule has 0 aliphatic carbocycles. The number of nitrogens with zero attached hydrogens (tertiary/aromatic N) is 3. The molecule has 8 aromatic rings. The van der Waals surface area contributed by atoms with Gasteiger partial charge in [0, 0.05) is 32.8 Å². The predicted octanol–water partition coefficient (Wildman–Crippen LogP) is 12.8. The fraction of sp³-hybridized carbons (Fsp3) is 0.0976. The monoisotopic (exact) mass is 673 g/mol. The summed E-state index contributed by atoms with van der Waals surface area (Å²) in [4.78, 5) is 3.93. The topological polar surface area (TPSA) is 14.2 Å². The highest BCUT2D eigenvalue weighted by atomic mass is 19.4. The van der Waals surface area contributed by atoms with Gasteiger partial charge < -0.3 is 9.13 Å². The number of hydrogen-bond acceptors (Lipinski definition) is 0. The van der Waals surface area contributed by atoms with Crippen LogP contribution in [-0.4, -0.2) is 9.13 Å². The van der Waals surface area contributed by atoms with E-state index in [0.717, 1.165) is 61.4 Å². The Balaban J connectivity index is 1.58. The summed E-state index contributed by atoms with van der Waals surface area (Å²) < 4.78 is 89.5. The lowest BCUT2D eigenvalue weighted by Crippen LogP contribution is -2.11. The molecule has 0 radical (unpaired) electrons. The Morgan fingerprint density at radius 2 is 0.980 bits per heavy atom. The lowest BCUT2D eigenvalue weighted by Gasteiger charge is -2.21. The minimum Gasteiger partial charge on any atom is -0.319 e. The maximum atomic E-state index is 14.3. The molecular formula is C41H25F6N3. The van der Waals surface area contributed by atoms with Crippen LogP contribution in [0.25, 0.3) is 71.0 Å². The fourth-order valence-electron chi connectivity index (χ4n) is 7.24. The van der Waals surface area contributed by atoms with Gasteiger partial charge in [0.2, 0.25) is 5.69 Å². The zero-order valence-electron chi connectivity index (χ0n) is 26.6. The van der Waals surface area contributed by atoms with Crippen LogP contribution >= 0.6 is 0 Å². The molecule has 0 fully saturated rings. The van der Waals surface area contributed by atoms with Crippen LogP contribution in [0.1, 0.15) is 22.3 Å². The molecule has 0 amide bonds. The number of rotatable bonds is 3. The Morgan fingerprint density at radius 1 is 0.520 bits per heavy atom. The first-order chi connectivity index (χ1) is 23.9. The van der Waals surface area contributed by atoms with E-state index < -0.39 is 23.5 Å². The van der Waals surface area contributed by atoms with E-state index in [9.17, 15) is 26.3 Å². The molecule has 3 nitrogen and oxygen atoms in total. The van der Waals surface area contributed by atoms with Crippen LogP contribution in [0.15, 0.2) is 115 Å². The number of halogens is 6. The van der Waals surface area contributed by atoms with Gasteiger partial charge in [-0.2, -0.15) is 26.3 Å². The van der Waals surface area contributed by atoms with E-state index >= 15 is 0 Å². The number of hydrogen-bond donors (Lipinski definition) is 0. The zero-order valence-corrected chi connectivity index (χ0v) is 26.6. The number of para-hydroxylation sites is 4. The second kappa shape index (κ2) is 11.0. The summed E-state index contributed by atoms with van der Waals surface area (Å²) >= 11 is 0. The molecular weight excluding hydrogens is 648 g/mol. The molecule has 0 aliphatic heterocycles. The van der Waals surface area contributed by atoms with Gasteiger partial charge in [0.1, 0.15) is 0 Å². The van der Waals surface area contributed by atoms with Crippen LogP contribution in [0.4, 0.5) is 32.0 Å². The largest absolute Gasteiger partial charge is 0.416 e. The van der Waals surface area contributed by atoms with Gasteiger partial charge in [0.15, 0.2) is 0 Å². The molecule has 246 valence electrons. The maximum Gasteiger partial charge on any atom is 0.416 e. The van der Waals surface area contributed by atoms with Crippen molar-refractivity contribution in [3.63, 3.8) is 0 Å². The van der Waals surface area contributed by atoms with Crippen LogP contribution in [-0.2, 0) is 12.4 Å². The molecule has 0 saturated heterocycles. The van der Waals surface area contributed by atoms with Gasteiger partial charge >= 0.3 is 12.4 Å². The third-order valence-corrected chi connectivity index (χ3v) is 9.39. The second-order valence-corrected chi connectivity index (χ2v) is 12.4. The standard InChI is InChI=1S/C41H25F6N3/c1-23-10-8-14-30-28-12-4-6-16-34(28)49(38(23)30)36-22-33(48-3)37(50-35-17-7-5-13-29(35)31-15-9-11-24(2)39(31)50)21-32(36)25-18-26(40(42,43)44)20-27(19-25)41(45,46)47/h4-22H,1-2H3. The van der Waals surface area contributed by atoms with E-state index in [1.165, 1.54) is 0 Å². The number of aryl methyl sites for hydroxylation is 2. The van der Waals surface area contributed by atoms with E-state index in [1.807, 2.05) is 108 Å². The third kappa shape index (κ3) is 4.74. The summed E-state index contributed by atoms with van der Waals surface area (Å²) in [5.41, 5.74) is 2.46. The Hall–Kier alpha value is -6.01. The van der Waals surface area contributed by atoms with Crippen LogP contribution < -0.4 is 0 Å². The van der Waals surface area contributed by atoms with Gasteiger partial charge in [-0.05, 0) is 73.0 Å². The highest BCUT2D eigenvalue weighted by Gasteiger charge is 2.37. The first-order valence-corrected chi connectivity index (χ1v) is 15.7. The Bertz CT molecular complexity index is 2690. The molecule has 0 unspecified atom stereocenters. The van der Waals surface area contributed by atoms with Crippen LogP contribution in [0.3, 0.4) is 0 Å². The minimum absolute atomic E-state index is 0.106. The van der Waals surface area contributed by atoms with Crippen molar-refractivity contribution >= 4 is 49.3 Å². The number of benzene rings is 6. The van der Waals surface area contributed by atoms with Gasteiger partial charge in [0.25, 0.3) is 0 Å². The van der Waals surface area contributed by atoms with Gasteiger partial charge in [-0.3, -0.25) is 0 Å². The number of fused-ring (bicyclic) bond motifs is 6. The summed E-state index contributed by atoms with van der Waals surface area (Å²) in [5.74, 6) is 0. The summed E-state index contributed by atoms with van der Waals surface area (Å²) in [7, 11) is 0. The van der Waals surface area contributed by atoms with E-state index in [2.05, 4.69) is 4.85 Å². The minimum atomic E-state index is -5.05. The van der Waals surface area contributed by atoms with Crippen molar-refractivity contribution in [3.05, 3.63) is 149 Å². The normalized spacial score (nSPS) is 12.4. The van der Waals surface area contributed by atoms with Crippen molar-refractivity contribution in [2.45, 2.75) is 26.2 Å². The van der Waals surface area contributed by atoms with Crippen molar-refractivity contribution in [1.82, 2.24) is 9.13 Å². The van der Waals surface area contributed by atoms with Gasteiger partial charge in [0.05, 0.1) is 45.5 Å². The van der Waals surface area contributed by atoms with Crippen molar-refractivity contribution in [2.75, 3.05) is 0 Å². The van der Waals surface area contributed by atoms with E-state index in [-0.39, 0.29) is 28.6 Å². The molecule has 2 aromatic heterocycles. The summed E-state index contributed by atoms with van der Waals surface area (Å²) in [5, 5.41) is 3.50. The van der Waals surface area contributed by atoms with Gasteiger partial charge in [-0.15, -0.1) is 0 Å². The quantitative estimate of drug-likeness (QED) is 0.131.